The molecule has 0 aliphatic carbocycles. The zero-order valence-corrected chi connectivity index (χ0v) is 11.8. The summed E-state index contributed by atoms with van der Waals surface area (Å²) in [5, 5.41) is 0. The predicted molar refractivity (Wildman–Crippen MR) is 77.1 cm³/mol. The summed E-state index contributed by atoms with van der Waals surface area (Å²) in [7, 11) is 0. The van der Waals surface area contributed by atoms with E-state index in [1.54, 1.807) is 0 Å². The van der Waals surface area contributed by atoms with Crippen molar-refractivity contribution in [3.05, 3.63) is 0 Å². The molecule has 0 heterocycles. The third-order valence-corrected chi connectivity index (χ3v) is 3.03. The van der Waals surface area contributed by atoms with Crippen LogP contribution < -0.4 is 11.3 Å². The number of hydrogen-bond acceptors (Lipinski definition) is 2. The number of nitrogens with one attached hydrogen (secondary N) is 1. The van der Waals surface area contributed by atoms with E-state index in [0.29, 0.717) is 0 Å². The monoisotopic (exact) mass is 241 g/mol. The number of hydrogen-bond donors (Lipinski definition) is 2. The fourth-order valence-corrected chi connectivity index (χ4v) is 1.99. The molecule has 3 N–H and O–H groups in total. The first-order valence-electron chi connectivity index (χ1n) is 7.35. The van der Waals surface area contributed by atoms with Crippen LogP contribution in [0.4, 0.5) is 0 Å². The minimum atomic E-state index is 0.816. The van der Waals surface area contributed by atoms with E-state index < -0.39 is 0 Å². The minimum Gasteiger partial charge on any atom is -0.312 e. The van der Waals surface area contributed by atoms with Gasteiger partial charge in [-0.15, -0.1) is 0 Å². The number of nitrogens with two attached hydrogens (primary N) is 1. The summed E-state index contributed by atoms with van der Waals surface area (Å²) in [6, 6.07) is 0. The van der Waals surface area contributed by atoms with E-state index in [0.717, 1.165) is 18.8 Å². The van der Waals surface area contributed by atoms with Crippen molar-refractivity contribution in [3.8, 4) is 0 Å². The first-order chi connectivity index (χ1) is 8.35. The van der Waals surface area contributed by atoms with Crippen LogP contribution in [0.2, 0.25) is 0 Å². The average molecular weight is 241 g/mol. The van der Waals surface area contributed by atoms with Crippen molar-refractivity contribution in [1.82, 2.24) is 5.43 Å². The maximum atomic E-state index is 5.39. The molecule has 0 saturated heterocycles. The molecule has 102 valence electrons. The van der Waals surface area contributed by atoms with Crippen LogP contribution in [0, 0.1) is 0 Å². The van der Waals surface area contributed by atoms with Gasteiger partial charge in [0.25, 0.3) is 0 Å². The number of aliphatic imine (C=N–C) groups is 1. The number of rotatable bonds is 11. The first kappa shape index (κ1) is 16.4. The van der Waals surface area contributed by atoms with Crippen LogP contribution >= 0.6 is 0 Å². The molecule has 0 atom stereocenters. The van der Waals surface area contributed by atoms with Gasteiger partial charge in [0.15, 0.2) is 0 Å². The van der Waals surface area contributed by atoms with Gasteiger partial charge in [-0.1, -0.05) is 58.3 Å². The van der Waals surface area contributed by atoms with Crippen molar-refractivity contribution in [2.24, 2.45) is 10.8 Å². The molecule has 3 heteroatoms. The third-order valence-electron chi connectivity index (χ3n) is 3.03. The lowest BCUT2D eigenvalue weighted by atomic mass is 10.1. The Balaban J connectivity index is 3.20. The summed E-state index contributed by atoms with van der Waals surface area (Å²) >= 11 is 0. The van der Waals surface area contributed by atoms with Crippen molar-refractivity contribution in [3.63, 3.8) is 0 Å². The summed E-state index contributed by atoms with van der Waals surface area (Å²) in [6.45, 7) is 5.12. The van der Waals surface area contributed by atoms with E-state index in [2.05, 4.69) is 17.3 Å². The summed E-state index contributed by atoms with van der Waals surface area (Å²) in [6.07, 6.45) is 13.2. The highest BCUT2D eigenvalue weighted by Crippen LogP contribution is 2.10. The first-order valence-corrected chi connectivity index (χ1v) is 7.35. The average Bonchev–Trinajstić information content (AvgIpc) is 2.35. The Morgan fingerprint density at radius 1 is 0.882 bits per heavy atom. The van der Waals surface area contributed by atoms with Crippen LogP contribution in [0.25, 0.3) is 0 Å². The van der Waals surface area contributed by atoms with E-state index in [4.69, 9.17) is 5.84 Å². The molecule has 0 saturated carbocycles. The van der Waals surface area contributed by atoms with Crippen LogP contribution in [0.15, 0.2) is 4.99 Å². The SMILES string of the molecule is CCCCCCCCCCCC(=NCC)NN. The van der Waals surface area contributed by atoms with Gasteiger partial charge in [0.1, 0.15) is 5.84 Å². The molecule has 0 unspecified atom stereocenters. The summed E-state index contributed by atoms with van der Waals surface area (Å²) in [5.74, 6) is 6.34. The molecule has 0 aromatic heterocycles. The van der Waals surface area contributed by atoms with E-state index >= 15 is 0 Å². The van der Waals surface area contributed by atoms with Gasteiger partial charge in [-0.05, 0) is 13.3 Å². The largest absolute Gasteiger partial charge is 0.312 e. The molecular weight excluding hydrogens is 210 g/mol. The Kier molecular flexibility index (Phi) is 13.0. The fraction of sp³-hybridized carbons (Fsp3) is 0.929. The van der Waals surface area contributed by atoms with Gasteiger partial charge in [0.2, 0.25) is 0 Å². The van der Waals surface area contributed by atoms with Gasteiger partial charge in [-0.2, -0.15) is 0 Å². The van der Waals surface area contributed by atoms with Crippen LogP contribution in [-0.4, -0.2) is 12.4 Å². The third kappa shape index (κ3) is 11.7. The fourth-order valence-electron chi connectivity index (χ4n) is 1.99. The molecule has 0 rings (SSSR count). The van der Waals surface area contributed by atoms with Crippen molar-refractivity contribution in [2.75, 3.05) is 6.54 Å². The van der Waals surface area contributed by atoms with Crippen LogP contribution in [0.1, 0.15) is 78.1 Å². The van der Waals surface area contributed by atoms with Crippen LogP contribution in [-0.2, 0) is 0 Å². The lowest BCUT2D eigenvalue weighted by Crippen LogP contribution is -2.30. The van der Waals surface area contributed by atoms with E-state index in [1.807, 2.05) is 6.92 Å². The van der Waals surface area contributed by atoms with Crippen LogP contribution in [0.5, 0.6) is 0 Å². The van der Waals surface area contributed by atoms with Crippen molar-refractivity contribution in [1.29, 1.82) is 0 Å². The summed E-state index contributed by atoms with van der Waals surface area (Å²) in [4.78, 5) is 4.29. The second kappa shape index (κ2) is 13.5. The van der Waals surface area contributed by atoms with Gasteiger partial charge in [-0.3, -0.25) is 4.99 Å². The maximum absolute atomic E-state index is 5.39. The second-order valence-electron chi connectivity index (χ2n) is 4.64. The van der Waals surface area contributed by atoms with Gasteiger partial charge < -0.3 is 5.43 Å². The van der Waals surface area contributed by atoms with E-state index in [9.17, 15) is 0 Å². The highest BCUT2D eigenvalue weighted by atomic mass is 15.2. The Hall–Kier alpha value is -0.570. The molecule has 0 aliphatic rings. The molecule has 0 spiro atoms. The maximum Gasteiger partial charge on any atom is 0.110 e. The Morgan fingerprint density at radius 2 is 1.41 bits per heavy atom. The Labute approximate surface area is 107 Å². The molecule has 0 bridgehead atoms. The molecule has 0 amide bonds. The summed E-state index contributed by atoms with van der Waals surface area (Å²) in [5.41, 5.74) is 2.68. The van der Waals surface area contributed by atoms with Crippen molar-refractivity contribution >= 4 is 5.84 Å². The van der Waals surface area contributed by atoms with Gasteiger partial charge >= 0.3 is 0 Å². The highest BCUT2D eigenvalue weighted by Gasteiger charge is 1.96. The molecule has 0 fully saturated rings. The normalized spacial score (nSPS) is 11.8. The molecule has 3 nitrogen and oxygen atoms in total. The quantitative estimate of drug-likeness (QED) is 0.190. The molecule has 0 aromatic carbocycles. The van der Waals surface area contributed by atoms with Gasteiger partial charge in [0.05, 0.1) is 0 Å². The number of unbranched alkanes of at least 4 members (excludes halogenated alkanes) is 8. The molecule has 17 heavy (non-hydrogen) atoms. The predicted octanol–water partition coefficient (Wildman–Crippen LogP) is 3.79. The lowest BCUT2D eigenvalue weighted by Gasteiger charge is -2.05. The van der Waals surface area contributed by atoms with Gasteiger partial charge in [0, 0.05) is 13.0 Å². The van der Waals surface area contributed by atoms with Crippen LogP contribution in [0.3, 0.4) is 0 Å². The molecule has 0 radical (unpaired) electrons. The van der Waals surface area contributed by atoms with Crippen molar-refractivity contribution in [2.45, 2.75) is 78.1 Å². The Bertz CT molecular complexity index is 178. The number of amidine groups is 1. The topological polar surface area (TPSA) is 50.4 Å². The lowest BCUT2D eigenvalue weighted by molar-refractivity contribution is 0.567. The smallest absolute Gasteiger partial charge is 0.110 e. The molecule has 0 aromatic rings. The van der Waals surface area contributed by atoms with Crippen molar-refractivity contribution < 1.29 is 0 Å². The molecule has 0 aliphatic heterocycles. The number of nitrogens with zero attached hydrogens (tertiary/aromatic N) is 1. The van der Waals surface area contributed by atoms with E-state index in [-0.39, 0.29) is 0 Å². The number of hydrazine groups is 1. The standard InChI is InChI=1S/C14H31N3/c1-3-5-6-7-8-9-10-11-12-13-14(17-15)16-4-2/h3-13,15H2,1-2H3,(H,16,17). The Morgan fingerprint density at radius 3 is 1.88 bits per heavy atom. The minimum absolute atomic E-state index is 0.816. The zero-order chi connectivity index (χ0) is 12.8. The summed E-state index contributed by atoms with van der Waals surface area (Å²) < 4.78 is 0. The molecular formula is C14H31N3. The highest BCUT2D eigenvalue weighted by molar-refractivity contribution is 5.81. The zero-order valence-electron chi connectivity index (χ0n) is 11.8. The van der Waals surface area contributed by atoms with E-state index in [1.165, 1.54) is 57.8 Å². The van der Waals surface area contributed by atoms with Gasteiger partial charge in [-0.25, -0.2) is 5.84 Å². The second-order valence-corrected chi connectivity index (χ2v) is 4.64.